The Morgan fingerprint density at radius 3 is 2.28 bits per heavy atom. The van der Waals surface area contributed by atoms with E-state index in [0.29, 0.717) is 26.2 Å². The molecule has 2 fully saturated rings. The van der Waals surface area contributed by atoms with Crippen LogP contribution in [0, 0.1) is 11.3 Å². The lowest BCUT2D eigenvalue weighted by atomic mass is 9.93. The quantitative estimate of drug-likeness (QED) is 0.750. The van der Waals surface area contributed by atoms with E-state index in [-0.39, 0.29) is 23.1 Å². The smallest absolute Gasteiger partial charge is 0.228 e. The van der Waals surface area contributed by atoms with Crippen molar-refractivity contribution in [2.45, 2.75) is 33.6 Å². The highest BCUT2D eigenvalue weighted by Gasteiger charge is 2.34. The first kappa shape index (κ1) is 19.6. The number of aromatic nitrogens is 4. The zero-order valence-corrected chi connectivity index (χ0v) is 17.4. The Hall–Kier alpha value is -2.71. The average molecular weight is 399 g/mol. The van der Waals surface area contributed by atoms with Gasteiger partial charge >= 0.3 is 0 Å². The summed E-state index contributed by atoms with van der Waals surface area (Å²) in [6.45, 7) is 9.95. The predicted molar refractivity (Wildman–Crippen MR) is 108 cm³/mol. The Kier molecular flexibility index (Phi) is 5.14. The van der Waals surface area contributed by atoms with E-state index in [1.165, 1.54) is 0 Å². The van der Waals surface area contributed by atoms with Crippen molar-refractivity contribution in [1.82, 2.24) is 29.6 Å². The maximum atomic E-state index is 13.0. The number of carbonyl (C=O) groups is 2. The molecule has 0 radical (unpaired) electrons. The minimum atomic E-state index is -0.372. The molecule has 4 heterocycles. The van der Waals surface area contributed by atoms with Gasteiger partial charge in [-0.25, -0.2) is 0 Å². The summed E-state index contributed by atoms with van der Waals surface area (Å²) in [7, 11) is 0. The van der Waals surface area contributed by atoms with Crippen molar-refractivity contribution in [2.75, 3.05) is 44.2 Å². The van der Waals surface area contributed by atoms with Gasteiger partial charge in [0.1, 0.15) is 12.1 Å². The number of nitrogens with zero attached hydrogens (tertiary/aromatic N) is 7. The summed E-state index contributed by atoms with van der Waals surface area (Å²) in [4.78, 5) is 31.5. The number of piperidine rings is 1. The molecule has 0 N–H and O–H groups in total. The van der Waals surface area contributed by atoms with Gasteiger partial charge < -0.3 is 14.7 Å². The van der Waals surface area contributed by atoms with Gasteiger partial charge in [0, 0.05) is 50.6 Å². The van der Waals surface area contributed by atoms with Crippen LogP contribution in [0.1, 0.15) is 33.6 Å². The highest BCUT2D eigenvalue weighted by molar-refractivity contribution is 5.82. The summed E-state index contributed by atoms with van der Waals surface area (Å²) in [6.07, 6.45) is 3.24. The Labute approximate surface area is 170 Å². The SMILES string of the molecule is CC(C)(C)C(=O)N1CCN(C(=O)C2CCN(c3ccc4nncn4n3)CC2)CC1. The van der Waals surface area contributed by atoms with Crippen LogP contribution in [0.25, 0.3) is 5.65 Å². The van der Waals surface area contributed by atoms with Crippen molar-refractivity contribution < 1.29 is 9.59 Å². The van der Waals surface area contributed by atoms with Crippen LogP contribution >= 0.6 is 0 Å². The van der Waals surface area contributed by atoms with Crippen LogP contribution in [0.5, 0.6) is 0 Å². The molecular formula is C20H29N7O2. The van der Waals surface area contributed by atoms with Crippen LogP contribution in [0.2, 0.25) is 0 Å². The van der Waals surface area contributed by atoms with Gasteiger partial charge in [-0.15, -0.1) is 15.3 Å². The molecule has 0 spiro atoms. The fourth-order valence-corrected chi connectivity index (χ4v) is 4.11. The molecule has 0 aromatic carbocycles. The van der Waals surface area contributed by atoms with Crippen molar-refractivity contribution in [2.24, 2.45) is 11.3 Å². The number of anilines is 1. The van der Waals surface area contributed by atoms with Crippen molar-refractivity contribution in [3.63, 3.8) is 0 Å². The number of hydrogen-bond donors (Lipinski definition) is 0. The molecule has 2 amide bonds. The second kappa shape index (κ2) is 7.61. The van der Waals surface area contributed by atoms with Crippen LogP contribution in [0.4, 0.5) is 5.82 Å². The first-order chi connectivity index (χ1) is 13.8. The average Bonchev–Trinajstić information content (AvgIpc) is 3.20. The molecule has 0 aliphatic carbocycles. The van der Waals surface area contributed by atoms with E-state index in [4.69, 9.17) is 0 Å². The van der Waals surface area contributed by atoms with Gasteiger partial charge in [-0.1, -0.05) is 20.8 Å². The van der Waals surface area contributed by atoms with Crippen LogP contribution < -0.4 is 4.90 Å². The minimum absolute atomic E-state index is 0.0507. The fourth-order valence-electron chi connectivity index (χ4n) is 4.11. The van der Waals surface area contributed by atoms with Crippen LogP contribution in [-0.2, 0) is 9.59 Å². The molecule has 29 heavy (non-hydrogen) atoms. The Morgan fingerprint density at radius 2 is 1.62 bits per heavy atom. The first-order valence-corrected chi connectivity index (χ1v) is 10.3. The lowest BCUT2D eigenvalue weighted by Gasteiger charge is -2.40. The molecule has 0 saturated carbocycles. The van der Waals surface area contributed by atoms with Gasteiger partial charge in [0.25, 0.3) is 0 Å². The number of carbonyl (C=O) groups excluding carboxylic acids is 2. The molecule has 0 bridgehead atoms. The number of piperazine rings is 1. The molecule has 2 aliphatic rings. The van der Waals surface area contributed by atoms with E-state index in [1.54, 1.807) is 10.8 Å². The zero-order valence-electron chi connectivity index (χ0n) is 17.4. The van der Waals surface area contributed by atoms with Crippen LogP contribution in [-0.4, -0.2) is 80.7 Å². The van der Waals surface area contributed by atoms with Gasteiger partial charge in [0.05, 0.1) is 0 Å². The van der Waals surface area contributed by atoms with Crippen LogP contribution in [0.3, 0.4) is 0 Å². The van der Waals surface area contributed by atoms with E-state index >= 15 is 0 Å². The topological polar surface area (TPSA) is 86.9 Å². The van der Waals surface area contributed by atoms with Crippen molar-refractivity contribution in [3.05, 3.63) is 18.5 Å². The molecule has 2 saturated heterocycles. The molecule has 4 rings (SSSR count). The number of amides is 2. The second-order valence-corrected chi connectivity index (χ2v) is 8.95. The highest BCUT2D eigenvalue weighted by Crippen LogP contribution is 2.25. The largest absolute Gasteiger partial charge is 0.355 e. The van der Waals surface area contributed by atoms with E-state index in [1.807, 2.05) is 42.7 Å². The minimum Gasteiger partial charge on any atom is -0.355 e. The summed E-state index contributed by atoms with van der Waals surface area (Å²) in [5.74, 6) is 1.33. The molecule has 2 aliphatic heterocycles. The maximum Gasteiger partial charge on any atom is 0.228 e. The summed E-state index contributed by atoms with van der Waals surface area (Å²) in [5, 5.41) is 12.4. The van der Waals surface area contributed by atoms with E-state index in [0.717, 1.165) is 37.4 Å². The Morgan fingerprint density at radius 1 is 0.966 bits per heavy atom. The lowest BCUT2D eigenvalue weighted by Crippen LogP contribution is -2.54. The Balaban J connectivity index is 1.30. The highest BCUT2D eigenvalue weighted by atomic mass is 16.2. The fraction of sp³-hybridized carbons (Fsp3) is 0.650. The molecule has 0 atom stereocenters. The summed E-state index contributed by atoms with van der Waals surface area (Å²) in [6, 6.07) is 3.86. The summed E-state index contributed by atoms with van der Waals surface area (Å²) >= 11 is 0. The van der Waals surface area contributed by atoms with Gasteiger partial charge in [-0.2, -0.15) is 4.52 Å². The summed E-state index contributed by atoms with van der Waals surface area (Å²) < 4.78 is 1.67. The molecule has 156 valence electrons. The van der Waals surface area contributed by atoms with Gasteiger partial charge in [0.15, 0.2) is 5.65 Å². The zero-order chi connectivity index (χ0) is 20.6. The van der Waals surface area contributed by atoms with Gasteiger partial charge in [0.2, 0.25) is 11.8 Å². The second-order valence-electron chi connectivity index (χ2n) is 8.95. The molecule has 9 nitrogen and oxygen atoms in total. The number of hydrogen-bond acceptors (Lipinski definition) is 6. The van der Waals surface area contributed by atoms with E-state index in [2.05, 4.69) is 20.2 Å². The molecule has 2 aromatic heterocycles. The predicted octanol–water partition coefficient (Wildman–Crippen LogP) is 1.06. The van der Waals surface area contributed by atoms with Crippen LogP contribution in [0.15, 0.2) is 18.5 Å². The number of fused-ring (bicyclic) bond motifs is 1. The molecule has 9 heteroatoms. The van der Waals surface area contributed by atoms with Crippen molar-refractivity contribution in [1.29, 1.82) is 0 Å². The maximum absolute atomic E-state index is 13.0. The van der Waals surface area contributed by atoms with E-state index in [9.17, 15) is 9.59 Å². The molecular weight excluding hydrogens is 370 g/mol. The third kappa shape index (κ3) is 4.04. The first-order valence-electron chi connectivity index (χ1n) is 10.3. The molecule has 0 unspecified atom stereocenters. The van der Waals surface area contributed by atoms with Crippen molar-refractivity contribution in [3.8, 4) is 0 Å². The monoisotopic (exact) mass is 399 g/mol. The standard InChI is InChI=1S/C20H29N7O2/c1-20(2,3)19(29)26-12-10-25(11-13-26)18(28)15-6-8-24(9-7-15)17-5-4-16-22-21-14-27(16)23-17/h4-5,14-15H,6-13H2,1-3H3. The third-order valence-electron chi connectivity index (χ3n) is 5.84. The van der Waals surface area contributed by atoms with E-state index < -0.39 is 0 Å². The van der Waals surface area contributed by atoms with Gasteiger partial charge in [-0.05, 0) is 25.0 Å². The molecule has 2 aromatic rings. The van der Waals surface area contributed by atoms with Crippen molar-refractivity contribution >= 4 is 23.3 Å². The summed E-state index contributed by atoms with van der Waals surface area (Å²) in [5.41, 5.74) is 0.353. The van der Waals surface area contributed by atoms with Gasteiger partial charge in [-0.3, -0.25) is 9.59 Å². The Bertz CT molecular complexity index is 888. The number of rotatable bonds is 2. The third-order valence-corrected chi connectivity index (χ3v) is 5.84. The normalized spacial score (nSPS) is 19.1. The lowest BCUT2D eigenvalue weighted by molar-refractivity contribution is -0.146.